The number of benzene rings is 1. The van der Waals surface area contributed by atoms with E-state index in [0.29, 0.717) is 12.8 Å². The molecule has 6 nitrogen and oxygen atoms in total. The fourth-order valence-corrected chi connectivity index (χ4v) is 2.56. The molecule has 1 aromatic heterocycles. The van der Waals surface area contributed by atoms with Crippen molar-refractivity contribution < 1.29 is 14.7 Å². The molecule has 1 aromatic carbocycles. The molecule has 2 atom stereocenters. The summed E-state index contributed by atoms with van der Waals surface area (Å²) in [5.74, 6) is -0.871. The lowest BCUT2D eigenvalue weighted by molar-refractivity contribution is -0.137. The SMILES string of the molecule is C[C@H](NC(=O)NC(CCC(=O)O)Cc1ccccc1)c1cccnc1. The van der Waals surface area contributed by atoms with E-state index in [1.165, 1.54) is 0 Å². The van der Waals surface area contributed by atoms with Crippen molar-refractivity contribution in [1.29, 1.82) is 0 Å². The summed E-state index contributed by atoms with van der Waals surface area (Å²) in [6.07, 6.45) is 4.35. The Morgan fingerprint density at radius 2 is 1.88 bits per heavy atom. The molecule has 2 aromatic rings. The minimum absolute atomic E-state index is 0.00986. The third kappa shape index (κ3) is 6.63. The second-order valence-corrected chi connectivity index (χ2v) is 5.94. The molecule has 1 heterocycles. The molecule has 0 radical (unpaired) electrons. The maximum Gasteiger partial charge on any atom is 0.315 e. The van der Waals surface area contributed by atoms with Crippen molar-refractivity contribution in [2.45, 2.75) is 38.3 Å². The summed E-state index contributed by atoms with van der Waals surface area (Å²) >= 11 is 0. The second kappa shape index (κ2) is 9.42. The van der Waals surface area contributed by atoms with Crippen molar-refractivity contribution in [2.24, 2.45) is 0 Å². The van der Waals surface area contributed by atoms with Crippen LogP contribution in [-0.4, -0.2) is 28.1 Å². The number of carbonyl (C=O) groups excluding carboxylic acids is 1. The average molecular weight is 341 g/mol. The monoisotopic (exact) mass is 341 g/mol. The molecular formula is C19H23N3O3. The molecule has 132 valence electrons. The number of aromatic nitrogens is 1. The lowest BCUT2D eigenvalue weighted by Crippen LogP contribution is -2.44. The van der Waals surface area contributed by atoms with Crippen LogP contribution < -0.4 is 10.6 Å². The highest BCUT2D eigenvalue weighted by Gasteiger charge is 2.16. The van der Waals surface area contributed by atoms with Gasteiger partial charge in [-0.15, -0.1) is 0 Å². The van der Waals surface area contributed by atoms with Gasteiger partial charge < -0.3 is 15.7 Å². The predicted octanol–water partition coefficient (Wildman–Crippen LogP) is 2.92. The van der Waals surface area contributed by atoms with E-state index >= 15 is 0 Å². The summed E-state index contributed by atoms with van der Waals surface area (Å²) < 4.78 is 0. The molecule has 2 rings (SSSR count). The van der Waals surface area contributed by atoms with Crippen molar-refractivity contribution in [1.82, 2.24) is 15.6 Å². The highest BCUT2D eigenvalue weighted by Crippen LogP contribution is 2.11. The third-order valence-corrected chi connectivity index (χ3v) is 3.90. The van der Waals surface area contributed by atoms with E-state index in [4.69, 9.17) is 5.11 Å². The maximum atomic E-state index is 12.3. The smallest absolute Gasteiger partial charge is 0.315 e. The number of pyridine rings is 1. The molecule has 0 spiro atoms. The minimum Gasteiger partial charge on any atom is -0.481 e. The summed E-state index contributed by atoms with van der Waals surface area (Å²) in [4.78, 5) is 27.2. The van der Waals surface area contributed by atoms with E-state index in [1.807, 2.05) is 49.4 Å². The van der Waals surface area contributed by atoms with Crippen LogP contribution in [0.1, 0.15) is 36.9 Å². The van der Waals surface area contributed by atoms with Gasteiger partial charge in [-0.25, -0.2) is 4.79 Å². The molecule has 0 aliphatic carbocycles. The highest BCUT2D eigenvalue weighted by molar-refractivity contribution is 5.75. The highest BCUT2D eigenvalue weighted by atomic mass is 16.4. The Hall–Kier alpha value is -2.89. The standard InChI is InChI=1S/C19H23N3O3/c1-14(16-8-5-11-20-13-16)21-19(25)22-17(9-10-18(23)24)12-15-6-3-2-4-7-15/h2-8,11,13-14,17H,9-10,12H2,1H3,(H,23,24)(H2,21,22,25)/t14-,17?/m0/s1. The van der Waals surface area contributed by atoms with Crippen LogP contribution in [0.3, 0.4) is 0 Å². The number of carboxylic acid groups (broad SMARTS) is 1. The Morgan fingerprint density at radius 1 is 1.12 bits per heavy atom. The normalized spacial score (nSPS) is 12.8. The van der Waals surface area contributed by atoms with Gasteiger partial charge in [-0.3, -0.25) is 9.78 Å². The quantitative estimate of drug-likeness (QED) is 0.688. The molecule has 6 heteroatoms. The summed E-state index contributed by atoms with van der Waals surface area (Å²) in [5, 5.41) is 14.7. The number of carboxylic acids is 1. The number of hydrogen-bond acceptors (Lipinski definition) is 3. The lowest BCUT2D eigenvalue weighted by Gasteiger charge is -2.21. The Labute approximate surface area is 147 Å². The van der Waals surface area contributed by atoms with Crippen molar-refractivity contribution in [3.05, 3.63) is 66.0 Å². The maximum absolute atomic E-state index is 12.3. The summed E-state index contributed by atoms with van der Waals surface area (Å²) in [5.41, 5.74) is 1.96. The Bertz CT molecular complexity index is 677. The summed E-state index contributed by atoms with van der Waals surface area (Å²) in [6, 6.07) is 12.7. The van der Waals surface area contributed by atoms with E-state index in [2.05, 4.69) is 15.6 Å². The van der Waals surface area contributed by atoms with Gasteiger partial charge in [0, 0.05) is 24.9 Å². The van der Waals surface area contributed by atoms with E-state index < -0.39 is 5.97 Å². The Kier molecular flexibility index (Phi) is 6.95. The fraction of sp³-hybridized carbons (Fsp3) is 0.316. The van der Waals surface area contributed by atoms with E-state index in [-0.39, 0.29) is 24.5 Å². The molecule has 2 amide bonds. The zero-order valence-corrected chi connectivity index (χ0v) is 14.2. The van der Waals surface area contributed by atoms with Crippen LogP contribution in [0.25, 0.3) is 0 Å². The van der Waals surface area contributed by atoms with Gasteiger partial charge in [0.05, 0.1) is 6.04 Å². The Morgan fingerprint density at radius 3 is 2.52 bits per heavy atom. The van der Waals surface area contributed by atoms with E-state index in [9.17, 15) is 9.59 Å². The van der Waals surface area contributed by atoms with Crippen LogP contribution in [0.2, 0.25) is 0 Å². The van der Waals surface area contributed by atoms with Gasteiger partial charge in [0.1, 0.15) is 0 Å². The molecule has 0 aliphatic heterocycles. The number of nitrogens with zero attached hydrogens (tertiary/aromatic N) is 1. The molecule has 1 unspecified atom stereocenters. The van der Waals surface area contributed by atoms with Crippen molar-refractivity contribution in [3.8, 4) is 0 Å². The topological polar surface area (TPSA) is 91.3 Å². The molecule has 3 N–H and O–H groups in total. The van der Waals surface area contributed by atoms with Crippen LogP contribution in [0.5, 0.6) is 0 Å². The summed E-state index contributed by atoms with van der Waals surface area (Å²) in [7, 11) is 0. The lowest BCUT2D eigenvalue weighted by atomic mass is 10.0. The van der Waals surface area contributed by atoms with Gasteiger partial charge in [-0.2, -0.15) is 0 Å². The molecule has 0 saturated carbocycles. The number of hydrogen-bond donors (Lipinski definition) is 3. The first-order valence-corrected chi connectivity index (χ1v) is 8.27. The zero-order chi connectivity index (χ0) is 18.1. The Balaban J connectivity index is 1.94. The molecule has 0 fully saturated rings. The van der Waals surface area contributed by atoms with Gasteiger partial charge >= 0.3 is 12.0 Å². The number of rotatable bonds is 8. The van der Waals surface area contributed by atoms with Gasteiger partial charge in [0.2, 0.25) is 0 Å². The van der Waals surface area contributed by atoms with E-state index in [0.717, 1.165) is 11.1 Å². The fourth-order valence-electron chi connectivity index (χ4n) is 2.56. The average Bonchev–Trinajstić information content (AvgIpc) is 2.61. The summed E-state index contributed by atoms with van der Waals surface area (Å²) in [6.45, 7) is 1.88. The first-order valence-electron chi connectivity index (χ1n) is 8.27. The van der Waals surface area contributed by atoms with Gasteiger partial charge in [-0.1, -0.05) is 36.4 Å². The van der Waals surface area contributed by atoms with Crippen LogP contribution in [0.4, 0.5) is 4.79 Å². The van der Waals surface area contributed by atoms with Crippen molar-refractivity contribution >= 4 is 12.0 Å². The van der Waals surface area contributed by atoms with Gasteiger partial charge in [-0.05, 0) is 37.0 Å². The van der Waals surface area contributed by atoms with Crippen LogP contribution in [-0.2, 0) is 11.2 Å². The zero-order valence-electron chi connectivity index (χ0n) is 14.2. The molecular weight excluding hydrogens is 318 g/mol. The minimum atomic E-state index is -0.871. The van der Waals surface area contributed by atoms with Gasteiger partial charge in [0.25, 0.3) is 0 Å². The number of urea groups is 1. The number of nitrogens with one attached hydrogen (secondary N) is 2. The first-order chi connectivity index (χ1) is 12.0. The van der Waals surface area contributed by atoms with E-state index in [1.54, 1.807) is 12.4 Å². The van der Waals surface area contributed by atoms with Crippen molar-refractivity contribution in [2.75, 3.05) is 0 Å². The largest absolute Gasteiger partial charge is 0.481 e. The third-order valence-electron chi connectivity index (χ3n) is 3.90. The second-order valence-electron chi connectivity index (χ2n) is 5.94. The van der Waals surface area contributed by atoms with Crippen molar-refractivity contribution in [3.63, 3.8) is 0 Å². The molecule has 0 bridgehead atoms. The molecule has 0 aliphatic rings. The predicted molar refractivity (Wildman–Crippen MR) is 95.1 cm³/mol. The first kappa shape index (κ1) is 18.4. The van der Waals surface area contributed by atoms with Crippen LogP contribution in [0, 0.1) is 0 Å². The van der Waals surface area contributed by atoms with Crippen LogP contribution in [0.15, 0.2) is 54.9 Å². The number of carbonyl (C=O) groups is 2. The van der Waals surface area contributed by atoms with Crippen LogP contribution >= 0.6 is 0 Å². The number of aliphatic carboxylic acids is 1. The van der Waals surface area contributed by atoms with Gasteiger partial charge in [0.15, 0.2) is 0 Å². The molecule has 0 saturated heterocycles. The number of amides is 2. The molecule has 25 heavy (non-hydrogen) atoms.